The molecule has 1 rings (SSSR count). The van der Waals surface area contributed by atoms with E-state index in [9.17, 15) is 4.39 Å². The number of halogens is 2. The number of anilines is 1. The second-order valence-electron chi connectivity index (χ2n) is 3.28. The number of benzene rings is 1. The normalized spacial score (nSPS) is 10.3. The number of rotatable bonds is 6. The maximum atomic E-state index is 12.9. The molecule has 84 valence electrons. The monoisotopic (exact) mass is 231 g/mol. The lowest BCUT2D eigenvalue weighted by Gasteiger charge is -2.06. The van der Waals surface area contributed by atoms with E-state index in [1.807, 2.05) is 0 Å². The summed E-state index contributed by atoms with van der Waals surface area (Å²) in [6.07, 6.45) is 1.98. The van der Waals surface area contributed by atoms with E-state index in [0.717, 1.165) is 31.7 Å². The molecule has 2 nitrogen and oxygen atoms in total. The summed E-state index contributed by atoms with van der Waals surface area (Å²) in [6.45, 7) is 1.55. The molecule has 1 aromatic carbocycles. The third-order valence-electron chi connectivity index (χ3n) is 1.97. The van der Waals surface area contributed by atoms with Crippen molar-refractivity contribution in [3.8, 4) is 0 Å². The third kappa shape index (κ3) is 5.00. The summed E-state index contributed by atoms with van der Waals surface area (Å²) in [5, 5.41) is 3.52. The van der Waals surface area contributed by atoms with Gasteiger partial charge in [-0.15, -0.1) is 0 Å². The van der Waals surface area contributed by atoms with E-state index >= 15 is 0 Å². The Bertz CT molecular complexity index is 286. The molecule has 0 aromatic heterocycles. The van der Waals surface area contributed by atoms with E-state index < -0.39 is 0 Å². The Morgan fingerprint density at radius 1 is 1.33 bits per heavy atom. The van der Waals surface area contributed by atoms with Crippen LogP contribution >= 0.6 is 11.6 Å². The highest BCUT2D eigenvalue weighted by atomic mass is 35.5. The molecule has 0 bridgehead atoms. The molecule has 0 spiro atoms. The molecule has 0 atom stereocenters. The van der Waals surface area contributed by atoms with E-state index in [-0.39, 0.29) is 5.82 Å². The molecule has 4 heteroatoms. The minimum Gasteiger partial charge on any atom is -0.385 e. The first kappa shape index (κ1) is 12.3. The van der Waals surface area contributed by atoms with Gasteiger partial charge in [0.25, 0.3) is 0 Å². The molecule has 1 aromatic rings. The summed E-state index contributed by atoms with van der Waals surface area (Å²) in [5.74, 6) is -0.318. The van der Waals surface area contributed by atoms with E-state index in [1.54, 1.807) is 13.2 Å². The summed E-state index contributed by atoms with van der Waals surface area (Å²) in [7, 11) is 1.68. The van der Waals surface area contributed by atoms with E-state index in [0.29, 0.717) is 5.02 Å². The van der Waals surface area contributed by atoms with Crippen LogP contribution in [-0.4, -0.2) is 20.3 Å². The molecule has 0 fully saturated rings. The fraction of sp³-hybridized carbons (Fsp3) is 0.455. The van der Waals surface area contributed by atoms with Crippen molar-refractivity contribution in [3.05, 3.63) is 29.0 Å². The molecule has 0 heterocycles. The van der Waals surface area contributed by atoms with Crippen LogP contribution in [0.5, 0.6) is 0 Å². The Kier molecular flexibility index (Phi) is 5.43. The maximum Gasteiger partial charge on any atom is 0.126 e. The van der Waals surface area contributed by atoms with Crippen molar-refractivity contribution in [2.45, 2.75) is 12.8 Å². The van der Waals surface area contributed by atoms with Crippen molar-refractivity contribution >= 4 is 17.3 Å². The molecular weight excluding hydrogens is 217 g/mol. The third-order valence-corrected chi connectivity index (χ3v) is 2.19. The highest BCUT2D eigenvalue weighted by Gasteiger charge is 1.98. The van der Waals surface area contributed by atoms with Crippen LogP contribution in [0.25, 0.3) is 0 Å². The van der Waals surface area contributed by atoms with Gasteiger partial charge >= 0.3 is 0 Å². The molecule has 0 aliphatic heterocycles. The lowest BCUT2D eigenvalue weighted by atomic mass is 10.3. The quantitative estimate of drug-likeness (QED) is 0.759. The van der Waals surface area contributed by atoms with Gasteiger partial charge in [-0.25, -0.2) is 4.39 Å². The minimum absolute atomic E-state index is 0.318. The molecule has 0 saturated carbocycles. The molecule has 15 heavy (non-hydrogen) atoms. The molecule has 0 unspecified atom stereocenters. The van der Waals surface area contributed by atoms with Crippen molar-refractivity contribution < 1.29 is 9.13 Å². The average molecular weight is 232 g/mol. The Labute approximate surface area is 94.4 Å². The zero-order valence-corrected chi connectivity index (χ0v) is 9.48. The van der Waals surface area contributed by atoms with Crippen LogP contribution in [-0.2, 0) is 4.74 Å². The summed E-state index contributed by atoms with van der Waals surface area (Å²) < 4.78 is 17.8. The fourth-order valence-corrected chi connectivity index (χ4v) is 1.48. The summed E-state index contributed by atoms with van der Waals surface area (Å²) in [5.41, 5.74) is 0.720. The summed E-state index contributed by atoms with van der Waals surface area (Å²) in [4.78, 5) is 0. The predicted octanol–water partition coefficient (Wildman–Crippen LogP) is 3.32. The molecule has 0 amide bonds. The predicted molar refractivity (Wildman–Crippen MR) is 61.0 cm³/mol. The summed E-state index contributed by atoms with van der Waals surface area (Å²) in [6, 6.07) is 4.43. The first-order valence-electron chi connectivity index (χ1n) is 4.91. The van der Waals surface area contributed by atoms with E-state index in [2.05, 4.69) is 5.32 Å². The van der Waals surface area contributed by atoms with Crippen LogP contribution < -0.4 is 5.32 Å². The van der Waals surface area contributed by atoms with Crippen LogP contribution in [0, 0.1) is 5.82 Å². The minimum atomic E-state index is -0.318. The SMILES string of the molecule is COCCCCNc1cc(F)cc(Cl)c1. The van der Waals surface area contributed by atoms with E-state index in [4.69, 9.17) is 16.3 Å². The Hall–Kier alpha value is -0.800. The number of methoxy groups -OCH3 is 1. The smallest absolute Gasteiger partial charge is 0.126 e. The zero-order chi connectivity index (χ0) is 11.1. The standard InChI is InChI=1S/C11H15ClFNO/c1-15-5-3-2-4-14-11-7-9(12)6-10(13)8-11/h6-8,14H,2-5H2,1H3. The van der Waals surface area contributed by atoms with Crippen molar-refractivity contribution in [1.29, 1.82) is 0 Å². The highest BCUT2D eigenvalue weighted by Crippen LogP contribution is 2.17. The molecular formula is C11H15ClFNO. The topological polar surface area (TPSA) is 21.3 Å². The molecule has 0 radical (unpaired) electrons. The molecule has 1 N–H and O–H groups in total. The number of nitrogens with one attached hydrogen (secondary N) is 1. The van der Waals surface area contributed by atoms with Crippen LogP contribution in [0.3, 0.4) is 0 Å². The van der Waals surface area contributed by atoms with Gasteiger partial charge in [-0.05, 0) is 31.0 Å². The first-order valence-corrected chi connectivity index (χ1v) is 5.29. The van der Waals surface area contributed by atoms with Gasteiger partial charge in [-0.3, -0.25) is 0 Å². The Morgan fingerprint density at radius 3 is 2.80 bits per heavy atom. The lowest BCUT2D eigenvalue weighted by Crippen LogP contribution is -2.03. The number of unbranched alkanes of at least 4 members (excludes halogenated alkanes) is 1. The maximum absolute atomic E-state index is 12.9. The number of hydrogen-bond acceptors (Lipinski definition) is 2. The Morgan fingerprint density at radius 2 is 2.13 bits per heavy atom. The van der Waals surface area contributed by atoms with Gasteiger partial charge in [0.05, 0.1) is 0 Å². The van der Waals surface area contributed by atoms with Crippen molar-refractivity contribution in [1.82, 2.24) is 0 Å². The van der Waals surface area contributed by atoms with Crippen LogP contribution in [0.1, 0.15) is 12.8 Å². The lowest BCUT2D eigenvalue weighted by molar-refractivity contribution is 0.194. The zero-order valence-electron chi connectivity index (χ0n) is 8.72. The highest BCUT2D eigenvalue weighted by molar-refractivity contribution is 6.30. The van der Waals surface area contributed by atoms with Crippen LogP contribution in [0.2, 0.25) is 5.02 Å². The second kappa shape index (κ2) is 6.64. The number of ether oxygens (including phenoxy) is 1. The second-order valence-corrected chi connectivity index (χ2v) is 3.72. The van der Waals surface area contributed by atoms with Gasteiger partial charge in [0, 0.05) is 31.0 Å². The van der Waals surface area contributed by atoms with Crippen molar-refractivity contribution in [2.24, 2.45) is 0 Å². The van der Waals surface area contributed by atoms with Crippen LogP contribution in [0.4, 0.5) is 10.1 Å². The van der Waals surface area contributed by atoms with Gasteiger partial charge in [0.1, 0.15) is 5.82 Å². The first-order chi connectivity index (χ1) is 7.22. The fourth-order valence-electron chi connectivity index (χ4n) is 1.26. The molecule has 0 aliphatic rings. The Balaban J connectivity index is 2.31. The average Bonchev–Trinajstić information content (AvgIpc) is 2.16. The molecule has 0 saturated heterocycles. The van der Waals surface area contributed by atoms with Gasteiger partial charge in [0.2, 0.25) is 0 Å². The summed E-state index contributed by atoms with van der Waals surface area (Å²) >= 11 is 5.71. The van der Waals surface area contributed by atoms with Gasteiger partial charge in [-0.2, -0.15) is 0 Å². The van der Waals surface area contributed by atoms with Crippen LogP contribution in [0.15, 0.2) is 18.2 Å². The largest absolute Gasteiger partial charge is 0.385 e. The molecule has 0 aliphatic carbocycles. The van der Waals surface area contributed by atoms with Gasteiger partial charge < -0.3 is 10.1 Å². The van der Waals surface area contributed by atoms with Gasteiger partial charge in [0.15, 0.2) is 0 Å². The van der Waals surface area contributed by atoms with Crippen molar-refractivity contribution in [3.63, 3.8) is 0 Å². The number of hydrogen-bond donors (Lipinski definition) is 1. The van der Waals surface area contributed by atoms with Gasteiger partial charge in [-0.1, -0.05) is 11.6 Å². The van der Waals surface area contributed by atoms with E-state index in [1.165, 1.54) is 12.1 Å². The van der Waals surface area contributed by atoms with Crippen molar-refractivity contribution in [2.75, 3.05) is 25.6 Å².